The van der Waals surface area contributed by atoms with E-state index in [2.05, 4.69) is 37.4 Å². The van der Waals surface area contributed by atoms with E-state index in [0.29, 0.717) is 42.3 Å². The fraction of sp³-hybridized carbons (Fsp3) is 0.415. The molecular weight excluding hydrogens is 689 g/mol. The molecule has 0 aliphatic carbocycles. The second kappa shape index (κ2) is 19.2. The van der Waals surface area contributed by atoms with E-state index in [0.717, 1.165) is 62.3 Å². The lowest BCUT2D eigenvalue weighted by molar-refractivity contribution is -0.121. The molecule has 2 heterocycles. The number of aryl methyl sites for hydroxylation is 3. The zero-order valence-electron chi connectivity index (χ0n) is 32.2. The molecule has 12 nitrogen and oxygen atoms in total. The number of ether oxygens (including phenoxy) is 3. The van der Waals surface area contributed by atoms with Gasteiger partial charge in [-0.15, -0.1) is 0 Å². The van der Waals surface area contributed by atoms with Crippen molar-refractivity contribution in [1.29, 1.82) is 0 Å². The largest absolute Gasteiger partial charge is 0.495 e. The molecule has 2 N–H and O–H groups in total. The van der Waals surface area contributed by atoms with Crippen LogP contribution >= 0.6 is 0 Å². The highest BCUT2D eigenvalue weighted by Crippen LogP contribution is 2.36. The number of piperazine rings is 1. The second-order valence-corrected chi connectivity index (χ2v) is 13.7. The number of nitrogens with one attached hydrogen (secondary N) is 2. The molecule has 3 aromatic carbocycles. The molecule has 5 rings (SSSR count). The Morgan fingerprint density at radius 1 is 1.00 bits per heavy atom. The number of likely N-dealkylation sites (N-methyl/N-ethyl adjacent to an activating group) is 1. The van der Waals surface area contributed by atoms with Gasteiger partial charge < -0.3 is 34.6 Å². The van der Waals surface area contributed by atoms with Crippen LogP contribution in [0.15, 0.2) is 66.9 Å². The molecule has 54 heavy (non-hydrogen) atoms. The number of methoxy groups -OCH3 is 1. The summed E-state index contributed by atoms with van der Waals surface area (Å²) in [6.07, 6.45) is 3.19. The Hall–Kier alpha value is -5.27. The SMILES string of the molecule is CCC(C)NC(=O)CCc1ccc(N(C(=O)Oc2c(C)cccc2C)c2ccnc(Nc3ccc(OCCCN4CCN(C)CC4)c(F)c3)n2)c(OC)c1. The number of aromatic nitrogens is 2. The lowest BCUT2D eigenvalue weighted by Gasteiger charge is -2.32. The summed E-state index contributed by atoms with van der Waals surface area (Å²) in [4.78, 5) is 41.6. The number of halogens is 1. The number of benzene rings is 3. The summed E-state index contributed by atoms with van der Waals surface area (Å²) in [6.45, 7) is 13.2. The van der Waals surface area contributed by atoms with Gasteiger partial charge in [0.05, 0.1) is 19.4 Å². The number of anilines is 4. The summed E-state index contributed by atoms with van der Waals surface area (Å²) in [5.74, 6) is 0.731. The van der Waals surface area contributed by atoms with Crippen LogP contribution in [0.5, 0.6) is 17.2 Å². The molecule has 1 fully saturated rings. The van der Waals surface area contributed by atoms with Crippen LogP contribution in [-0.2, 0) is 11.2 Å². The van der Waals surface area contributed by atoms with Crippen LogP contribution in [0.3, 0.4) is 0 Å². The quantitative estimate of drug-likeness (QED) is 0.114. The van der Waals surface area contributed by atoms with E-state index < -0.39 is 11.9 Å². The van der Waals surface area contributed by atoms with Gasteiger partial charge in [-0.2, -0.15) is 4.98 Å². The van der Waals surface area contributed by atoms with Crippen molar-refractivity contribution < 1.29 is 28.2 Å². The maximum Gasteiger partial charge on any atom is 0.425 e. The first-order valence-electron chi connectivity index (χ1n) is 18.5. The summed E-state index contributed by atoms with van der Waals surface area (Å²) in [5, 5.41) is 6.03. The first-order valence-corrected chi connectivity index (χ1v) is 18.5. The van der Waals surface area contributed by atoms with E-state index in [-0.39, 0.29) is 29.5 Å². The first kappa shape index (κ1) is 39.9. The average molecular weight is 742 g/mol. The Morgan fingerprint density at radius 2 is 1.76 bits per heavy atom. The Morgan fingerprint density at radius 3 is 2.46 bits per heavy atom. The highest BCUT2D eigenvalue weighted by atomic mass is 19.1. The Bertz CT molecular complexity index is 1860. The zero-order valence-corrected chi connectivity index (χ0v) is 32.2. The van der Waals surface area contributed by atoms with Crippen molar-refractivity contribution in [2.24, 2.45) is 0 Å². The number of hydrogen-bond acceptors (Lipinski definition) is 10. The number of carbonyl (C=O) groups excluding carboxylic acids is 2. The van der Waals surface area contributed by atoms with Crippen LogP contribution in [0.2, 0.25) is 0 Å². The van der Waals surface area contributed by atoms with Crippen molar-refractivity contribution in [3.8, 4) is 17.2 Å². The second-order valence-electron chi connectivity index (χ2n) is 13.7. The topological polar surface area (TPSA) is 121 Å². The van der Waals surface area contributed by atoms with Gasteiger partial charge in [0.25, 0.3) is 0 Å². The minimum atomic E-state index is -0.726. The number of carbonyl (C=O) groups is 2. The van der Waals surface area contributed by atoms with Crippen molar-refractivity contribution >= 4 is 35.1 Å². The molecule has 4 aromatic rings. The number of para-hydroxylation sites is 1. The summed E-state index contributed by atoms with van der Waals surface area (Å²) in [6, 6.07) is 17.2. The van der Waals surface area contributed by atoms with Gasteiger partial charge in [0.1, 0.15) is 17.3 Å². The third kappa shape index (κ3) is 10.9. The molecule has 0 radical (unpaired) electrons. The van der Waals surface area contributed by atoms with E-state index >= 15 is 4.39 Å². The van der Waals surface area contributed by atoms with E-state index in [4.69, 9.17) is 14.2 Å². The molecule has 1 aliphatic rings. The molecule has 0 saturated carbocycles. The molecule has 1 atom stereocenters. The molecule has 288 valence electrons. The number of amides is 2. The number of nitrogens with zero attached hydrogens (tertiary/aromatic N) is 5. The van der Waals surface area contributed by atoms with Crippen LogP contribution in [0, 0.1) is 19.7 Å². The smallest absolute Gasteiger partial charge is 0.425 e. The third-order valence-corrected chi connectivity index (χ3v) is 9.46. The molecule has 2 amide bonds. The first-order chi connectivity index (χ1) is 26.0. The summed E-state index contributed by atoms with van der Waals surface area (Å²) in [5.41, 5.74) is 3.20. The van der Waals surface area contributed by atoms with E-state index in [1.54, 1.807) is 30.3 Å². The minimum Gasteiger partial charge on any atom is -0.495 e. The van der Waals surface area contributed by atoms with E-state index in [1.807, 2.05) is 52.0 Å². The van der Waals surface area contributed by atoms with Gasteiger partial charge in [0.2, 0.25) is 11.9 Å². The van der Waals surface area contributed by atoms with Gasteiger partial charge >= 0.3 is 6.09 Å². The Balaban J connectivity index is 1.34. The van der Waals surface area contributed by atoms with Gasteiger partial charge in [0.15, 0.2) is 11.6 Å². The molecule has 1 unspecified atom stereocenters. The summed E-state index contributed by atoms with van der Waals surface area (Å²) in [7, 11) is 3.64. The Kier molecular flexibility index (Phi) is 14.2. The summed E-state index contributed by atoms with van der Waals surface area (Å²) >= 11 is 0. The van der Waals surface area contributed by atoms with Gasteiger partial charge in [0, 0.05) is 69.2 Å². The standard InChI is InChI=1S/C41H52FN7O5/c1-7-30(4)44-38(50)17-13-31-12-15-34(36(26-31)52-6)49(41(51)54-39-28(2)10-8-11-29(39)3)37-18-19-43-40(46-37)45-32-14-16-35(33(42)27-32)53-25-9-20-48-23-21-47(5)22-24-48/h8,10-12,14-16,18-19,26-27,30H,7,9,13,17,20-25H2,1-6H3,(H,44,50)(H,43,45,46). The van der Waals surface area contributed by atoms with Gasteiger partial charge in [-0.05, 0) is 88.0 Å². The van der Waals surface area contributed by atoms with Crippen molar-refractivity contribution in [2.45, 2.75) is 59.4 Å². The maximum absolute atomic E-state index is 15.1. The normalized spacial score (nSPS) is 13.9. The van der Waals surface area contributed by atoms with Crippen LogP contribution < -0.4 is 29.7 Å². The third-order valence-electron chi connectivity index (χ3n) is 9.46. The van der Waals surface area contributed by atoms with Gasteiger partial charge in [-0.25, -0.2) is 19.1 Å². The monoisotopic (exact) mass is 741 g/mol. The fourth-order valence-corrected chi connectivity index (χ4v) is 6.08. The van der Waals surface area contributed by atoms with Gasteiger partial charge in [-0.1, -0.05) is 31.2 Å². The van der Waals surface area contributed by atoms with E-state index in [1.165, 1.54) is 24.3 Å². The molecule has 1 aromatic heterocycles. The van der Waals surface area contributed by atoms with Gasteiger partial charge in [-0.3, -0.25) is 4.79 Å². The molecular formula is C41H52FN7O5. The van der Waals surface area contributed by atoms with Crippen LogP contribution in [0.1, 0.15) is 49.8 Å². The highest BCUT2D eigenvalue weighted by Gasteiger charge is 2.27. The van der Waals surface area contributed by atoms with Crippen molar-refractivity contribution in [3.63, 3.8) is 0 Å². The lowest BCUT2D eigenvalue weighted by atomic mass is 10.1. The lowest BCUT2D eigenvalue weighted by Crippen LogP contribution is -2.44. The zero-order chi connectivity index (χ0) is 38.6. The van der Waals surface area contributed by atoms with Crippen molar-refractivity contribution in [1.82, 2.24) is 25.1 Å². The Labute approximate surface area is 317 Å². The molecule has 1 aliphatic heterocycles. The average Bonchev–Trinajstić information content (AvgIpc) is 3.16. The van der Waals surface area contributed by atoms with Crippen LogP contribution in [0.25, 0.3) is 0 Å². The summed E-state index contributed by atoms with van der Waals surface area (Å²) < 4.78 is 32.7. The fourth-order valence-electron chi connectivity index (χ4n) is 6.08. The minimum absolute atomic E-state index is 0.0361. The predicted octanol–water partition coefficient (Wildman–Crippen LogP) is 7.19. The van der Waals surface area contributed by atoms with Crippen molar-refractivity contribution in [2.75, 3.05) is 63.7 Å². The van der Waals surface area contributed by atoms with Crippen LogP contribution in [-0.4, -0.2) is 91.3 Å². The number of rotatable bonds is 16. The molecule has 0 spiro atoms. The van der Waals surface area contributed by atoms with Crippen LogP contribution in [0.4, 0.5) is 32.3 Å². The molecule has 0 bridgehead atoms. The highest BCUT2D eigenvalue weighted by molar-refractivity contribution is 5.98. The van der Waals surface area contributed by atoms with Crippen molar-refractivity contribution in [3.05, 3.63) is 89.4 Å². The molecule has 1 saturated heterocycles. The maximum atomic E-state index is 15.1. The molecule has 13 heteroatoms. The number of hydrogen-bond donors (Lipinski definition) is 2. The predicted molar refractivity (Wildman–Crippen MR) is 209 cm³/mol. The van der Waals surface area contributed by atoms with E-state index in [9.17, 15) is 9.59 Å².